The van der Waals surface area contributed by atoms with Gasteiger partial charge in [0.25, 0.3) is 0 Å². The van der Waals surface area contributed by atoms with Crippen LogP contribution in [0.2, 0.25) is 5.02 Å². The van der Waals surface area contributed by atoms with Crippen molar-refractivity contribution in [1.29, 1.82) is 0 Å². The van der Waals surface area contributed by atoms with Crippen molar-refractivity contribution in [2.45, 2.75) is 31.3 Å². The van der Waals surface area contributed by atoms with Crippen molar-refractivity contribution in [3.63, 3.8) is 0 Å². The fourth-order valence-corrected chi connectivity index (χ4v) is 6.48. The van der Waals surface area contributed by atoms with Crippen LogP contribution in [-0.4, -0.2) is 22.6 Å². The SMILES string of the molecule is O=C1C[C@H]([C@]2(Cc3ccccc3)C(=O)N(Cc3ccccc3)c3ccc(Cl)cc32)C(=O)N1Cc1ccc(Br)cc1. The molecule has 200 valence electrons. The standard InChI is InChI=1S/C33H26BrClN2O3/c34-25-13-11-24(12-14-25)21-37-30(38)18-28(31(37)39)33(19-22-7-3-1-4-8-22)27-17-26(35)15-16-29(27)36(32(33)40)20-23-9-5-2-6-10-23/h1-17,28H,18-21H2/t28-,33+/m0/s1. The molecule has 5 nitrogen and oxygen atoms in total. The van der Waals surface area contributed by atoms with E-state index in [1.54, 1.807) is 17.0 Å². The molecule has 1 saturated heterocycles. The number of hydrogen-bond donors (Lipinski definition) is 0. The van der Waals surface area contributed by atoms with Crippen molar-refractivity contribution in [1.82, 2.24) is 4.90 Å². The van der Waals surface area contributed by atoms with Gasteiger partial charge in [-0.25, -0.2) is 0 Å². The number of imide groups is 1. The Hall–Kier alpha value is -3.74. The Kier molecular flexibility index (Phi) is 7.07. The van der Waals surface area contributed by atoms with Crippen LogP contribution >= 0.6 is 27.5 Å². The molecule has 0 saturated carbocycles. The van der Waals surface area contributed by atoms with Gasteiger partial charge >= 0.3 is 0 Å². The van der Waals surface area contributed by atoms with Crippen molar-refractivity contribution in [2.75, 3.05) is 4.90 Å². The molecule has 40 heavy (non-hydrogen) atoms. The third-order valence-corrected chi connectivity index (χ3v) is 8.72. The summed E-state index contributed by atoms with van der Waals surface area (Å²) < 4.78 is 0.915. The van der Waals surface area contributed by atoms with E-state index in [2.05, 4.69) is 15.9 Å². The number of amides is 3. The second-order valence-corrected chi connectivity index (χ2v) is 11.7. The first kappa shape index (κ1) is 26.5. The molecule has 2 atom stereocenters. The second kappa shape index (κ2) is 10.7. The van der Waals surface area contributed by atoms with E-state index >= 15 is 0 Å². The van der Waals surface area contributed by atoms with E-state index in [0.29, 0.717) is 17.1 Å². The van der Waals surface area contributed by atoms with E-state index in [1.165, 1.54) is 4.90 Å². The summed E-state index contributed by atoms with van der Waals surface area (Å²) in [5, 5.41) is 0.481. The number of rotatable bonds is 7. The van der Waals surface area contributed by atoms with E-state index in [4.69, 9.17) is 11.6 Å². The summed E-state index contributed by atoms with van der Waals surface area (Å²) in [4.78, 5) is 45.4. The first-order chi connectivity index (χ1) is 19.4. The van der Waals surface area contributed by atoms with Gasteiger partial charge in [-0.05, 0) is 59.0 Å². The van der Waals surface area contributed by atoms with Gasteiger partial charge in [0.1, 0.15) is 0 Å². The minimum Gasteiger partial charge on any atom is -0.307 e. The predicted octanol–water partition coefficient (Wildman–Crippen LogP) is 6.71. The third kappa shape index (κ3) is 4.65. The van der Waals surface area contributed by atoms with E-state index < -0.39 is 11.3 Å². The van der Waals surface area contributed by atoms with Crippen LogP contribution in [0.4, 0.5) is 5.69 Å². The lowest BCUT2D eigenvalue weighted by molar-refractivity contribution is -0.142. The third-order valence-electron chi connectivity index (χ3n) is 7.96. The van der Waals surface area contributed by atoms with E-state index in [1.807, 2.05) is 91.0 Å². The average Bonchev–Trinajstić information content (AvgIpc) is 3.36. The van der Waals surface area contributed by atoms with Gasteiger partial charge in [-0.3, -0.25) is 19.3 Å². The highest BCUT2D eigenvalue weighted by Crippen LogP contribution is 2.52. The lowest BCUT2D eigenvalue weighted by atomic mass is 9.66. The van der Waals surface area contributed by atoms with Crippen LogP contribution in [0.15, 0.2) is 108 Å². The van der Waals surface area contributed by atoms with Gasteiger partial charge in [0.05, 0.1) is 24.4 Å². The Morgan fingerprint density at radius 2 is 1.35 bits per heavy atom. The molecule has 4 aromatic rings. The molecule has 2 heterocycles. The van der Waals surface area contributed by atoms with Crippen molar-refractivity contribution in [3.05, 3.63) is 135 Å². The van der Waals surface area contributed by atoms with Crippen molar-refractivity contribution in [3.8, 4) is 0 Å². The summed E-state index contributed by atoms with van der Waals surface area (Å²) in [6.45, 7) is 0.509. The highest BCUT2D eigenvalue weighted by Gasteiger charge is 2.61. The zero-order chi connectivity index (χ0) is 27.9. The van der Waals surface area contributed by atoms with E-state index in [0.717, 1.165) is 26.9 Å². The van der Waals surface area contributed by atoms with Gasteiger partial charge in [0, 0.05) is 21.6 Å². The normalized spacial score (nSPS) is 20.4. The molecule has 6 rings (SSSR count). The van der Waals surface area contributed by atoms with Crippen molar-refractivity contribution >= 4 is 50.9 Å². The highest BCUT2D eigenvalue weighted by atomic mass is 79.9. The molecule has 7 heteroatoms. The zero-order valence-electron chi connectivity index (χ0n) is 21.6. The number of likely N-dealkylation sites (tertiary alicyclic amines) is 1. The molecular formula is C33H26BrClN2O3. The summed E-state index contributed by atoms with van der Waals surface area (Å²) in [7, 11) is 0. The zero-order valence-corrected chi connectivity index (χ0v) is 23.9. The molecule has 1 fully saturated rings. The molecule has 0 aliphatic carbocycles. The fraction of sp³-hybridized carbons (Fsp3) is 0.182. The van der Waals surface area contributed by atoms with Crippen LogP contribution in [0.1, 0.15) is 28.7 Å². The number of anilines is 1. The molecule has 3 amide bonds. The summed E-state index contributed by atoms with van der Waals surface area (Å²) in [5.41, 5.74) is 2.86. The van der Waals surface area contributed by atoms with E-state index in [-0.39, 0.29) is 37.1 Å². The number of carbonyl (C=O) groups excluding carboxylic acids is 3. The molecule has 0 bridgehead atoms. The van der Waals surface area contributed by atoms with Crippen LogP contribution in [-0.2, 0) is 39.3 Å². The monoisotopic (exact) mass is 612 g/mol. The largest absolute Gasteiger partial charge is 0.307 e. The molecule has 0 N–H and O–H groups in total. The molecular weight excluding hydrogens is 588 g/mol. The Morgan fingerprint density at radius 3 is 2.02 bits per heavy atom. The maximum absolute atomic E-state index is 14.7. The number of fused-ring (bicyclic) bond motifs is 1. The minimum atomic E-state index is -1.28. The topological polar surface area (TPSA) is 57.7 Å². The van der Waals surface area contributed by atoms with Crippen LogP contribution in [0, 0.1) is 5.92 Å². The quantitative estimate of drug-likeness (QED) is 0.218. The maximum atomic E-state index is 14.7. The lowest BCUT2D eigenvalue weighted by Crippen LogP contribution is -2.49. The Balaban J connectivity index is 1.46. The van der Waals surface area contributed by atoms with Crippen molar-refractivity contribution < 1.29 is 14.4 Å². The Morgan fingerprint density at radius 1 is 0.750 bits per heavy atom. The second-order valence-electron chi connectivity index (χ2n) is 10.4. The fourth-order valence-electron chi connectivity index (χ4n) is 6.04. The molecule has 0 radical (unpaired) electrons. The number of nitrogens with zero attached hydrogens (tertiary/aromatic N) is 2. The maximum Gasteiger partial charge on any atom is 0.239 e. The smallest absolute Gasteiger partial charge is 0.239 e. The average molecular weight is 614 g/mol. The van der Waals surface area contributed by atoms with Crippen LogP contribution < -0.4 is 4.90 Å². The molecule has 0 aromatic heterocycles. The molecule has 4 aromatic carbocycles. The van der Waals surface area contributed by atoms with Crippen LogP contribution in [0.5, 0.6) is 0 Å². The highest BCUT2D eigenvalue weighted by molar-refractivity contribution is 9.10. The van der Waals surface area contributed by atoms with Crippen molar-refractivity contribution in [2.24, 2.45) is 5.92 Å². The van der Waals surface area contributed by atoms with Gasteiger partial charge in [-0.2, -0.15) is 0 Å². The predicted molar refractivity (Wildman–Crippen MR) is 159 cm³/mol. The first-order valence-electron chi connectivity index (χ1n) is 13.2. The number of benzene rings is 4. The Bertz CT molecular complexity index is 1590. The summed E-state index contributed by atoms with van der Waals surface area (Å²) >= 11 is 9.97. The Labute approximate surface area is 246 Å². The van der Waals surface area contributed by atoms with Gasteiger partial charge in [-0.15, -0.1) is 0 Å². The van der Waals surface area contributed by atoms with Crippen LogP contribution in [0.25, 0.3) is 0 Å². The van der Waals surface area contributed by atoms with Gasteiger partial charge in [0.2, 0.25) is 17.7 Å². The van der Waals surface area contributed by atoms with Gasteiger partial charge in [-0.1, -0.05) is 100 Å². The molecule has 0 spiro atoms. The minimum absolute atomic E-state index is 0.0426. The van der Waals surface area contributed by atoms with Crippen LogP contribution in [0.3, 0.4) is 0 Å². The summed E-state index contributed by atoms with van der Waals surface area (Å²) in [6, 6.07) is 32.4. The summed E-state index contributed by atoms with van der Waals surface area (Å²) in [6.07, 6.45) is 0.236. The number of carbonyl (C=O) groups is 3. The number of halogens is 2. The first-order valence-corrected chi connectivity index (χ1v) is 14.3. The van der Waals surface area contributed by atoms with E-state index in [9.17, 15) is 14.4 Å². The number of hydrogen-bond acceptors (Lipinski definition) is 3. The van der Waals surface area contributed by atoms with Gasteiger partial charge in [0.15, 0.2) is 0 Å². The molecule has 0 unspecified atom stereocenters. The summed E-state index contributed by atoms with van der Waals surface area (Å²) in [5.74, 6) is -1.65. The molecule has 2 aliphatic rings. The molecule has 2 aliphatic heterocycles. The lowest BCUT2D eigenvalue weighted by Gasteiger charge is -2.33. The van der Waals surface area contributed by atoms with Gasteiger partial charge < -0.3 is 4.90 Å².